The van der Waals surface area contributed by atoms with Gasteiger partial charge in [-0.2, -0.15) is 23.4 Å². The standard InChI is InChI=1S/C24H20F3N5O2S/c1-32-22(10-12-29-32)21-14-16(24(25,26)27)5-8-20(21)19-7-4-15-13-17(6-9-18(15)19)35(33,34)31-23-3-2-11-28-30-23/h2-3,5-6,8-14,19H,4,7H2,1H3,(H,30,31)/t19-/m1/s1. The van der Waals surface area contributed by atoms with E-state index >= 15 is 0 Å². The molecule has 5 rings (SSSR count). The van der Waals surface area contributed by atoms with Gasteiger partial charge in [-0.25, -0.2) is 8.42 Å². The lowest BCUT2D eigenvalue weighted by atomic mass is 9.87. The highest BCUT2D eigenvalue weighted by molar-refractivity contribution is 7.92. The molecule has 35 heavy (non-hydrogen) atoms. The highest BCUT2D eigenvalue weighted by Gasteiger charge is 2.34. The number of anilines is 1. The second kappa shape index (κ2) is 8.49. The van der Waals surface area contributed by atoms with Crippen molar-refractivity contribution in [2.75, 3.05) is 4.72 Å². The van der Waals surface area contributed by atoms with E-state index in [2.05, 4.69) is 20.0 Å². The minimum absolute atomic E-state index is 0.0850. The van der Waals surface area contributed by atoms with Crippen LogP contribution in [0.3, 0.4) is 0 Å². The van der Waals surface area contributed by atoms with E-state index in [0.717, 1.165) is 28.8 Å². The molecule has 1 atom stereocenters. The van der Waals surface area contributed by atoms with Crippen molar-refractivity contribution in [3.8, 4) is 11.3 Å². The number of nitrogens with one attached hydrogen (secondary N) is 1. The van der Waals surface area contributed by atoms with E-state index in [1.807, 2.05) is 0 Å². The largest absolute Gasteiger partial charge is 0.416 e. The number of fused-ring (bicyclic) bond motifs is 1. The summed E-state index contributed by atoms with van der Waals surface area (Å²) in [6, 6.07) is 13.4. The quantitative estimate of drug-likeness (QED) is 0.427. The number of alkyl halides is 3. The molecule has 0 unspecified atom stereocenters. The number of aromatic nitrogens is 4. The Hall–Kier alpha value is -3.73. The van der Waals surface area contributed by atoms with E-state index in [9.17, 15) is 21.6 Å². The third kappa shape index (κ3) is 4.39. The third-order valence-corrected chi connectivity index (χ3v) is 7.52. The van der Waals surface area contributed by atoms with Crippen LogP contribution in [-0.2, 0) is 29.7 Å². The van der Waals surface area contributed by atoms with Gasteiger partial charge >= 0.3 is 6.18 Å². The first-order valence-electron chi connectivity index (χ1n) is 10.8. The van der Waals surface area contributed by atoms with Gasteiger partial charge in [0.2, 0.25) is 0 Å². The van der Waals surface area contributed by atoms with Gasteiger partial charge in [0, 0.05) is 30.9 Å². The van der Waals surface area contributed by atoms with Crippen molar-refractivity contribution < 1.29 is 21.6 Å². The monoisotopic (exact) mass is 499 g/mol. The molecule has 2 aromatic carbocycles. The second-order valence-corrected chi connectivity index (χ2v) is 9.99. The molecule has 2 heterocycles. The van der Waals surface area contributed by atoms with Crippen molar-refractivity contribution in [3.05, 3.63) is 89.2 Å². The molecule has 0 saturated heterocycles. The number of nitrogens with zero attached hydrogens (tertiary/aromatic N) is 4. The van der Waals surface area contributed by atoms with Crippen molar-refractivity contribution in [1.29, 1.82) is 0 Å². The first-order valence-corrected chi connectivity index (χ1v) is 12.2. The molecule has 4 aromatic rings. The summed E-state index contributed by atoms with van der Waals surface area (Å²) in [7, 11) is -2.19. The Morgan fingerprint density at radius 1 is 1.03 bits per heavy atom. The first-order chi connectivity index (χ1) is 16.6. The molecule has 0 amide bonds. The smallest absolute Gasteiger partial charge is 0.268 e. The lowest BCUT2D eigenvalue weighted by Gasteiger charge is -2.19. The molecule has 1 aliphatic rings. The van der Waals surface area contributed by atoms with Gasteiger partial charge in [0.05, 0.1) is 16.2 Å². The molecule has 0 bridgehead atoms. The summed E-state index contributed by atoms with van der Waals surface area (Å²) in [6.45, 7) is 0. The van der Waals surface area contributed by atoms with Gasteiger partial charge in [-0.3, -0.25) is 9.40 Å². The van der Waals surface area contributed by atoms with E-state index in [4.69, 9.17) is 0 Å². The summed E-state index contributed by atoms with van der Waals surface area (Å²) in [5.74, 6) is -0.0710. The molecule has 11 heteroatoms. The van der Waals surface area contributed by atoms with Gasteiger partial charge in [-0.1, -0.05) is 12.1 Å². The molecule has 180 valence electrons. The predicted octanol–water partition coefficient (Wildman–Crippen LogP) is 4.77. The van der Waals surface area contributed by atoms with Crippen molar-refractivity contribution >= 4 is 15.8 Å². The van der Waals surface area contributed by atoms with E-state index in [1.54, 1.807) is 42.2 Å². The fourth-order valence-corrected chi connectivity index (χ4v) is 5.58. The van der Waals surface area contributed by atoms with Crippen molar-refractivity contribution in [1.82, 2.24) is 20.0 Å². The average molecular weight is 500 g/mol. The Bertz CT molecular complexity index is 1500. The van der Waals surface area contributed by atoms with E-state index < -0.39 is 21.8 Å². The topological polar surface area (TPSA) is 89.8 Å². The maximum Gasteiger partial charge on any atom is 0.416 e. The summed E-state index contributed by atoms with van der Waals surface area (Å²) in [6.07, 6.45) is -0.247. The molecule has 0 spiro atoms. The molecule has 7 nitrogen and oxygen atoms in total. The first kappa shape index (κ1) is 23.0. The van der Waals surface area contributed by atoms with Gasteiger partial charge in [0.15, 0.2) is 5.82 Å². The van der Waals surface area contributed by atoms with Crippen LogP contribution in [0.25, 0.3) is 11.3 Å². The molecule has 2 aromatic heterocycles. The van der Waals surface area contributed by atoms with Crippen LogP contribution in [0.4, 0.5) is 19.0 Å². The predicted molar refractivity (Wildman–Crippen MR) is 123 cm³/mol. The minimum atomic E-state index is -4.47. The van der Waals surface area contributed by atoms with Crippen molar-refractivity contribution in [2.24, 2.45) is 7.05 Å². The number of sulfonamides is 1. The van der Waals surface area contributed by atoms with Gasteiger partial charge in [-0.15, -0.1) is 5.10 Å². The Balaban J connectivity index is 1.53. The van der Waals surface area contributed by atoms with Crippen LogP contribution in [0.15, 0.2) is 71.9 Å². The summed E-state index contributed by atoms with van der Waals surface area (Å²) in [4.78, 5) is 0.0850. The Morgan fingerprint density at radius 3 is 2.51 bits per heavy atom. The Labute approximate surface area is 199 Å². The zero-order valence-corrected chi connectivity index (χ0v) is 19.3. The number of rotatable bonds is 5. The maximum absolute atomic E-state index is 13.5. The zero-order valence-electron chi connectivity index (χ0n) is 18.5. The summed E-state index contributed by atoms with van der Waals surface area (Å²) >= 11 is 0. The molecular weight excluding hydrogens is 479 g/mol. The van der Waals surface area contributed by atoms with E-state index in [1.165, 1.54) is 24.4 Å². The van der Waals surface area contributed by atoms with Crippen molar-refractivity contribution in [2.45, 2.75) is 29.8 Å². The minimum Gasteiger partial charge on any atom is -0.268 e. The van der Waals surface area contributed by atoms with E-state index in [-0.39, 0.29) is 16.6 Å². The molecule has 0 saturated carbocycles. The second-order valence-electron chi connectivity index (χ2n) is 8.31. The van der Waals surface area contributed by atoms with Crippen LogP contribution in [0.1, 0.15) is 34.6 Å². The normalized spacial score (nSPS) is 15.7. The van der Waals surface area contributed by atoms with Crippen LogP contribution in [0, 0.1) is 0 Å². The number of aryl methyl sites for hydroxylation is 2. The molecule has 0 radical (unpaired) electrons. The Morgan fingerprint density at radius 2 is 1.83 bits per heavy atom. The molecular formula is C24H20F3N5O2S. The lowest BCUT2D eigenvalue weighted by Crippen LogP contribution is -2.14. The SMILES string of the molecule is Cn1nccc1-c1cc(C(F)(F)F)ccc1[C@@H]1CCc2cc(S(=O)(=O)Nc3cccnn3)ccc21. The lowest BCUT2D eigenvalue weighted by molar-refractivity contribution is -0.137. The molecule has 1 N–H and O–H groups in total. The fraction of sp³-hybridized carbons (Fsp3) is 0.208. The third-order valence-electron chi connectivity index (χ3n) is 6.17. The zero-order chi connectivity index (χ0) is 24.8. The highest BCUT2D eigenvalue weighted by Crippen LogP contribution is 2.44. The van der Waals surface area contributed by atoms with E-state index in [0.29, 0.717) is 24.1 Å². The van der Waals surface area contributed by atoms with Crippen LogP contribution in [0.2, 0.25) is 0 Å². The Kier molecular flexibility index (Phi) is 5.59. The summed E-state index contributed by atoms with van der Waals surface area (Å²) < 4.78 is 70.1. The average Bonchev–Trinajstić information content (AvgIpc) is 3.44. The number of benzene rings is 2. The van der Waals surface area contributed by atoms with Crippen LogP contribution in [-0.4, -0.2) is 28.4 Å². The molecule has 0 aliphatic heterocycles. The fourth-order valence-electron chi connectivity index (χ4n) is 4.53. The molecule has 0 fully saturated rings. The molecule has 1 aliphatic carbocycles. The number of hydrogen-bond acceptors (Lipinski definition) is 5. The van der Waals surface area contributed by atoms with Crippen molar-refractivity contribution in [3.63, 3.8) is 0 Å². The number of halogens is 3. The summed E-state index contributed by atoms with van der Waals surface area (Å²) in [5, 5.41) is 11.5. The maximum atomic E-state index is 13.5. The van der Waals surface area contributed by atoms with Crippen LogP contribution in [0.5, 0.6) is 0 Å². The van der Waals surface area contributed by atoms with Crippen LogP contribution < -0.4 is 4.72 Å². The van der Waals surface area contributed by atoms with Gasteiger partial charge in [0.25, 0.3) is 10.0 Å². The summed E-state index contributed by atoms with van der Waals surface area (Å²) in [5.41, 5.74) is 2.78. The van der Waals surface area contributed by atoms with Gasteiger partial charge in [0.1, 0.15) is 0 Å². The van der Waals surface area contributed by atoms with Gasteiger partial charge < -0.3 is 0 Å². The van der Waals surface area contributed by atoms with Gasteiger partial charge in [-0.05, 0) is 72.0 Å². The highest BCUT2D eigenvalue weighted by atomic mass is 32.2. The van der Waals surface area contributed by atoms with Crippen LogP contribution >= 0.6 is 0 Å². The number of hydrogen-bond donors (Lipinski definition) is 1.